The van der Waals surface area contributed by atoms with Crippen LogP contribution in [-0.4, -0.2) is 24.9 Å². The maximum atomic E-state index is 12.2. The second-order valence-electron chi connectivity index (χ2n) is 4.31. The molecule has 2 N–H and O–H groups in total. The standard InChI is InChI=1S/C14H15BrN2O2S2/c15-13-2-1-7-17-14(13)20-8-9-21(18,19)12-5-3-11(10-16)4-6-12/h1-7H,8-10,16H2. The summed E-state index contributed by atoms with van der Waals surface area (Å²) in [4.78, 5) is 4.53. The zero-order valence-corrected chi connectivity index (χ0v) is 14.4. The van der Waals surface area contributed by atoms with E-state index in [1.165, 1.54) is 11.8 Å². The summed E-state index contributed by atoms with van der Waals surface area (Å²) in [5.74, 6) is 0.527. The maximum Gasteiger partial charge on any atom is 0.179 e. The van der Waals surface area contributed by atoms with Gasteiger partial charge in [-0.2, -0.15) is 0 Å². The molecule has 0 aliphatic carbocycles. The van der Waals surface area contributed by atoms with Gasteiger partial charge < -0.3 is 5.73 Å². The van der Waals surface area contributed by atoms with Crippen LogP contribution in [0.5, 0.6) is 0 Å². The number of halogens is 1. The molecular weight excluding hydrogens is 372 g/mol. The van der Waals surface area contributed by atoms with E-state index >= 15 is 0 Å². The highest BCUT2D eigenvalue weighted by molar-refractivity contribution is 9.10. The average Bonchev–Trinajstić information content (AvgIpc) is 2.49. The fourth-order valence-corrected chi connectivity index (χ4v) is 4.81. The summed E-state index contributed by atoms with van der Waals surface area (Å²) < 4.78 is 25.3. The third-order valence-electron chi connectivity index (χ3n) is 2.83. The largest absolute Gasteiger partial charge is 0.326 e. The van der Waals surface area contributed by atoms with Crippen LogP contribution in [0.4, 0.5) is 0 Å². The third-order valence-corrected chi connectivity index (χ3v) is 6.73. The van der Waals surface area contributed by atoms with Crippen molar-refractivity contribution in [1.82, 2.24) is 4.98 Å². The molecule has 112 valence electrons. The summed E-state index contributed by atoms with van der Waals surface area (Å²) >= 11 is 4.81. The SMILES string of the molecule is NCc1ccc(S(=O)(=O)CCSc2ncccc2Br)cc1. The Bertz CT molecular complexity index is 703. The van der Waals surface area contributed by atoms with E-state index in [0.29, 0.717) is 17.2 Å². The first-order chi connectivity index (χ1) is 10.0. The molecule has 4 nitrogen and oxygen atoms in total. The summed E-state index contributed by atoms with van der Waals surface area (Å²) in [5.41, 5.74) is 6.42. The Labute approximate surface area is 137 Å². The van der Waals surface area contributed by atoms with E-state index in [1.54, 1.807) is 30.5 Å². The number of pyridine rings is 1. The van der Waals surface area contributed by atoms with Crippen molar-refractivity contribution in [1.29, 1.82) is 0 Å². The van der Waals surface area contributed by atoms with Crippen molar-refractivity contribution >= 4 is 37.5 Å². The summed E-state index contributed by atoms with van der Waals surface area (Å²) in [6, 6.07) is 10.4. The summed E-state index contributed by atoms with van der Waals surface area (Å²) in [6.45, 7) is 0.407. The van der Waals surface area contributed by atoms with Gasteiger partial charge in [0.15, 0.2) is 9.84 Å². The summed E-state index contributed by atoms with van der Waals surface area (Å²) in [7, 11) is -3.27. The second kappa shape index (κ2) is 7.40. The van der Waals surface area contributed by atoms with Crippen molar-refractivity contribution < 1.29 is 8.42 Å². The minimum Gasteiger partial charge on any atom is -0.326 e. The lowest BCUT2D eigenvalue weighted by Crippen LogP contribution is -2.09. The quantitative estimate of drug-likeness (QED) is 0.772. The predicted molar refractivity (Wildman–Crippen MR) is 89.0 cm³/mol. The highest BCUT2D eigenvalue weighted by Crippen LogP contribution is 2.25. The molecule has 0 aliphatic heterocycles. The van der Waals surface area contributed by atoms with Crippen molar-refractivity contribution in [2.24, 2.45) is 5.73 Å². The van der Waals surface area contributed by atoms with Crippen LogP contribution in [0.1, 0.15) is 5.56 Å². The molecule has 0 fully saturated rings. The average molecular weight is 387 g/mol. The van der Waals surface area contributed by atoms with E-state index in [1.807, 2.05) is 12.1 Å². The number of nitrogens with two attached hydrogens (primary N) is 1. The van der Waals surface area contributed by atoms with Crippen molar-refractivity contribution in [3.63, 3.8) is 0 Å². The monoisotopic (exact) mass is 386 g/mol. The van der Waals surface area contributed by atoms with Gasteiger partial charge in [-0.25, -0.2) is 13.4 Å². The van der Waals surface area contributed by atoms with Gasteiger partial charge in [-0.15, -0.1) is 11.8 Å². The number of nitrogens with zero attached hydrogens (tertiary/aromatic N) is 1. The van der Waals surface area contributed by atoms with E-state index < -0.39 is 9.84 Å². The van der Waals surface area contributed by atoms with Crippen LogP contribution in [0.3, 0.4) is 0 Å². The van der Waals surface area contributed by atoms with E-state index in [9.17, 15) is 8.42 Å². The van der Waals surface area contributed by atoms with Gasteiger partial charge in [-0.3, -0.25) is 0 Å². The van der Waals surface area contributed by atoms with Gasteiger partial charge in [0.25, 0.3) is 0 Å². The maximum absolute atomic E-state index is 12.2. The van der Waals surface area contributed by atoms with E-state index in [-0.39, 0.29) is 5.75 Å². The molecule has 0 unspecified atom stereocenters. The number of rotatable bonds is 6. The molecule has 0 atom stereocenters. The first-order valence-corrected chi connectivity index (χ1v) is 9.71. The Morgan fingerprint density at radius 3 is 2.52 bits per heavy atom. The van der Waals surface area contributed by atoms with Crippen LogP contribution in [0.25, 0.3) is 0 Å². The van der Waals surface area contributed by atoms with Gasteiger partial charge in [-0.05, 0) is 45.8 Å². The smallest absolute Gasteiger partial charge is 0.179 e. The first kappa shape index (κ1) is 16.5. The van der Waals surface area contributed by atoms with Gasteiger partial charge in [0, 0.05) is 23.0 Å². The molecule has 0 radical (unpaired) electrons. The second-order valence-corrected chi connectivity index (χ2v) is 8.35. The molecule has 0 saturated heterocycles. The fraction of sp³-hybridized carbons (Fsp3) is 0.214. The Morgan fingerprint density at radius 1 is 1.19 bits per heavy atom. The lowest BCUT2D eigenvalue weighted by molar-refractivity contribution is 0.597. The highest BCUT2D eigenvalue weighted by atomic mass is 79.9. The van der Waals surface area contributed by atoms with Crippen molar-refractivity contribution in [3.05, 3.63) is 52.6 Å². The van der Waals surface area contributed by atoms with E-state index in [0.717, 1.165) is 15.1 Å². The van der Waals surface area contributed by atoms with Crippen molar-refractivity contribution in [2.45, 2.75) is 16.5 Å². The summed E-state index contributed by atoms with van der Waals surface area (Å²) in [5, 5.41) is 0.797. The third kappa shape index (κ3) is 4.54. The Hall–Kier alpha value is -0.890. The molecule has 2 rings (SSSR count). The molecule has 2 aromatic rings. The van der Waals surface area contributed by atoms with Crippen LogP contribution >= 0.6 is 27.7 Å². The molecule has 1 aromatic heterocycles. The summed E-state index contributed by atoms with van der Waals surface area (Å²) in [6.07, 6.45) is 1.69. The van der Waals surface area contributed by atoms with Gasteiger partial charge >= 0.3 is 0 Å². The number of thioether (sulfide) groups is 1. The van der Waals surface area contributed by atoms with E-state index in [4.69, 9.17) is 5.73 Å². The van der Waals surface area contributed by atoms with Crippen molar-refractivity contribution in [2.75, 3.05) is 11.5 Å². The van der Waals surface area contributed by atoms with Crippen LogP contribution in [0, 0.1) is 0 Å². The normalized spacial score (nSPS) is 11.5. The van der Waals surface area contributed by atoms with E-state index in [2.05, 4.69) is 20.9 Å². The van der Waals surface area contributed by atoms with Gasteiger partial charge in [0.05, 0.1) is 10.6 Å². The Balaban J connectivity index is 1.99. The molecular formula is C14H15BrN2O2S2. The van der Waals surface area contributed by atoms with Gasteiger partial charge in [0.1, 0.15) is 5.03 Å². The molecule has 0 saturated carbocycles. The zero-order valence-electron chi connectivity index (χ0n) is 11.2. The number of hydrogen-bond acceptors (Lipinski definition) is 5. The van der Waals surface area contributed by atoms with Crippen molar-refractivity contribution in [3.8, 4) is 0 Å². The minimum absolute atomic E-state index is 0.0721. The zero-order chi connectivity index (χ0) is 15.3. The molecule has 1 aromatic carbocycles. The minimum atomic E-state index is -3.27. The van der Waals surface area contributed by atoms with Crippen LogP contribution in [0.2, 0.25) is 0 Å². The number of aromatic nitrogens is 1. The topological polar surface area (TPSA) is 73.1 Å². The van der Waals surface area contributed by atoms with Gasteiger partial charge in [-0.1, -0.05) is 12.1 Å². The molecule has 7 heteroatoms. The highest BCUT2D eigenvalue weighted by Gasteiger charge is 2.14. The first-order valence-electron chi connectivity index (χ1n) is 6.28. The lowest BCUT2D eigenvalue weighted by Gasteiger charge is -2.06. The number of benzene rings is 1. The van der Waals surface area contributed by atoms with Crippen LogP contribution < -0.4 is 5.73 Å². The Morgan fingerprint density at radius 2 is 1.90 bits per heavy atom. The Kier molecular flexibility index (Phi) is 5.80. The van der Waals surface area contributed by atoms with Crippen LogP contribution in [0.15, 0.2) is 57.0 Å². The molecule has 0 amide bonds. The van der Waals surface area contributed by atoms with Gasteiger partial charge in [0.2, 0.25) is 0 Å². The molecule has 0 aliphatic rings. The molecule has 21 heavy (non-hydrogen) atoms. The molecule has 0 bridgehead atoms. The number of sulfone groups is 1. The molecule has 0 spiro atoms. The lowest BCUT2D eigenvalue weighted by atomic mass is 10.2. The predicted octanol–water partition coefficient (Wildman–Crippen LogP) is 2.87. The fourth-order valence-electron chi connectivity index (χ4n) is 1.68. The number of hydrogen-bond donors (Lipinski definition) is 1. The van der Waals surface area contributed by atoms with Crippen LogP contribution in [-0.2, 0) is 16.4 Å². The molecule has 1 heterocycles.